The van der Waals surface area contributed by atoms with E-state index in [0.29, 0.717) is 27.4 Å². The number of urea groups is 1. The number of halogens is 2. The van der Waals surface area contributed by atoms with Gasteiger partial charge in [-0.05, 0) is 56.0 Å². The van der Waals surface area contributed by atoms with E-state index in [1.165, 1.54) is 6.08 Å². The van der Waals surface area contributed by atoms with Gasteiger partial charge in [0.05, 0.1) is 9.50 Å². The van der Waals surface area contributed by atoms with Crippen molar-refractivity contribution in [2.24, 2.45) is 0 Å². The molecule has 0 aromatic heterocycles. The second-order valence-corrected chi connectivity index (χ2v) is 8.19. The highest BCUT2D eigenvalue weighted by atomic mass is 79.9. The molecule has 1 aliphatic heterocycles. The summed E-state index contributed by atoms with van der Waals surface area (Å²) in [6, 6.07) is 17.2. The standard InChI is InChI=1S/C24H18BrClN2O3/c1-2-10-28-23(29)21(27-24(28)30)13-15-11-19(25)22(20(26)12-15)31-14-17-8-5-7-16-6-3-4-9-18(16)17/h2-9,11-13H,1,10,14H2,(H,27,30)/b21-13+. The predicted molar refractivity (Wildman–Crippen MR) is 126 cm³/mol. The summed E-state index contributed by atoms with van der Waals surface area (Å²) in [6.45, 7) is 4.06. The van der Waals surface area contributed by atoms with E-state index in [0.717, 1.165) is 21.2 Å². The molecule has 3 amide bonds. The Kier molecular flexibility index (Phi) is 6.11. The topological polar surface area (TPSA) is 58.6 Å². The molecule has 3 aromatic carbocycles. The van der Waals surface area contributed by atoms with E-state index in [1.807, 2.05) is 24.3 Å². The monoisotopic (exact) mass is 496 g/mol. The van der Waals surface area contributed by atoms with Crippen LogP contribution in [0, 0.1) is 0 Å². The summed E-state index contributed by atoms with van der Waals surface area (Å²) >= 11 is 9.97. The zero-order valence-electron chi connectivity index (χ0n) is 16.4. The fourth-order valence-electron chi connectivity index (χ4n) is 3.40. The number of nitrogens with one attached hydrogen (secondary N) is 1. The quantitative estimate of drug-likeness (QED) is 0.261. The largest absolute Gasteiger partial charge is 0.486 e. The van der Waals surface area contributed by atoms with Crippen molar-refractivity contribution >= 4 is 56.3 Å². The van der Waals surface area contributed by atoms with Crippen LogP contribution in [0.2, 0.25) is 5.02 Å². The summed E-state index contributed by atoms with van der Waals surface area (Å²) in [5, 5.41) is 5.22. The molecule has 0 unspecified atom stereocenters. The Morgan fingerprint density at radius 3 is 2.68 bits per heavy atom. The van der Waals surface area contributed by atoms with Gasteiger partial charge in [0, 0.05) is 6.54 Å². The smallest absolute Gasteiger partial charge is 0.329 e. The van der Waals surface area contributed by atoms with Crippen molar-refractivity contribution in [1.29, 1.82) is 0 Å². The molecule has 1 saturated heterocycles. The molecule has 1 fully saturated rings. The van der Waals surface area contributed by atoms with Crippen LogP contribution in [0.3, 0.4) is 0 Å². The van der Waals surface area contributed by atoms with Gasteiger partial charge in [0.1, 0.15) is 12.3 Å². The maximum Gasteiger partial charge on any atom is 0.329 e. The summed E-state index contributed by atoms with van der Waals surface area (Å²) in [7, 11) is 0. The van der Waals surface area contributed by atoms with E-state index in [-0.39, 0.29) is 12.2 Å². The average Bonchev–Trinajstić information content (AvgIpc) is 3.01. The molecule has 7 heteroatoms. The SMILES string of the molecule is C=CCN1C(=O)N/C(=C/c2cc(Cl)c(OCc3cccc4ccccc34)c(Br)c2)C1=O. The Bertz CT molecular complexity index is 1210. The van der Waals surface area contributed by atoms with Crippen LogP contribution in [0.1, 0.15) is 11.1 Å². The van der Waals surface area contributed by atoms with Crippen molar-refractivity contribution < 1.29 is 14.3 Å². The lowest BCUT2D eigenvalue weighted by molar-refractivity contribution is -0.122. The lowest BCUT2D eigenvalue weighted by Crippen LogP contribution is -2.30. The lowest BCUT2D eigenvalue weighted by atomic mass is 10.1. The molecular weight excluding hydrogens is 480 g/mol. The van der Waals surface area contributed by atoms with Gasteiger partial charge in [-0.15, -0.1) is 6.58 Å². The Morgan fingerprint density at radius 2 is 1.90 bits per heavy atom. The second-order valence-electron chi connectivity index (χ2n) is 6.93. The van der Waals surface area contributed by atoms with E-state index < -0.39 is 11.9 Å². The van der Waals surface area contributed by atoms with Crippen molar-refractivity contribution in [2.45, 2.75) is 6.61 Å². The van der Waals surface area contributed by atoms with Gasteiger partial charge in [0.2, 0.25) is 0 Å². The Labute approximate surface area is 193 Å². The fourth-order valence-corrected chi connectivity index (χ4v) is 4.39. The minimum Gasteiger partial charge on any atom is -0.486 e. The Balaban J connectivity index is 1.56. The molecule has 31 heavy (non-hydrogen) atoms. The highest BCUT2D eigenvalue weighted by Crippen LogP contribution is 2.36. The molecule has 1 aliphatic rings. The van der Waals surface area contributed by atoms with Gasteiger partial charge in [-0.1, -0.05) is 60.1 Å². The first-order chi connectivity index (χ1) is 15.0. The lowest BCUT2D eigenvalue weighted by Gasteiger charge is -2.13. The van der Waals surface area contributed by atoms with Crippen LogP contribution < -0.4 is 10.1 Å². The summed E-state index contributed by atoms with van der Waals surface area (Å²) in [4.78, 5) is 25.4. The van der Waals surface area contributed by atoms with Crippen LogP contribution in [0.4, 0.5) is 4.79 Å². The highest BCUT2D eigenvalue weighted by Gasteiger charge is 2.32. The van der Waals surface area contributed by atoms with Gasteiger partial charge in [-0.3, -0.25) is 9.69 Å². The predicted octanol–water partition coefficient (Wildman–Crippen LogP) is 5.91. The molecule has 156 valence electrons. The summed E-state index contributed by atoms with van der Waals surface area (Å²) in [5.41, 5.74) is 1.88. The van der Waals surface area contributed by atoms with Crippen LogP contribution in [0.15, 0.2) is 77.4 Å². The number of fused-ring (bicyclic) bond motifs is 1. The Morgan fingerprint density at radius 1 is 1.13 bits per heavy atom. The maximum atomic E-state index is 12.4. The minimum absolute atomic E-state index is 0.146. The van der Waals surface area contributed by atoms with Gasteiger partial charge in [0.15, 0.2) is 5.75 Å². The van der Waals surface area contributed by atoms with Crippen LogP contribution in [0.5, 0.6) is 5.75 Å². The van der Waals surface area contributed by atoms with Crippen LogP contribution >= 0.6 is 27.5 Å². The average molecular weight is 498 g/mol. The molecule has 3 aromatic rings. The number of amides is 3. The third kappa shape index (κ3) is 4.36. The van der Waals surface area contributed by atoms with Crippen LogP contribution in [-0.2, 0) is 11.4 Å². The normalized spacial score (nSPS) is 14.9. The molecule has 1 heterocycles. The molecule has 0 bridgehead atoms. The molecule has 0 aliphatic carbocycles. The van der Waals surface area contributed by atoms with Crippen molar-refractivity contribution in [3.63, 3.8) is 0 Å². The number of carbonyl (C=O) groups is 2. The van der Waals surface area contributed by atoms with Gasteiger partial charge >= 0.3 is 6.03 Å². The Hall–Kier alpha value is -3.09. The van der Waals surface area contributed by atoms with E-state index in [2.05, 4.69) is 46.0 Å². The van der Waals surface area contributed by atoms with Gasteiger partial charge in [0.25, 0.3) is 5.91 Å². The first-order valence-electron chi connectivity index (χ1n) is 9.52. The molecule has 0 atom stereocenters. The minimum atomic E-state index is -0.476. The van der Waals surface area contributed by atoms with Crippen LogP contribution in [-0.4, -0.2) is 23.4 Å². The molecule has 5 nitrogen and oxygen atoms in total. The number of rotatable bonds is 6. The van der Waals surface area contributed by atoms with Crippen molar-refractivity contribution in [2.75, 3.05) is 6.54 Å². The van der Waals surface area contributed by atoms with Crippen molar-refractivity contribution in [3.05, 3.63) is 93.6 Å². The van der Waals surface area contributed by atoms with E-state index in [4.69, 9.17) is 16.3 Å². The highest BCUT2D eigenvalue weighted by molar-refractivity contribution is 9.10. The molecule has 1 N–H and O–H groups in total. The number of ether oxygens (including phenoxy) is 1. The van der Waals surface area contributed by atoms with Gasteiger partial charge < -0.3 is 10.1 Å². The summed E-state index contributed by atoms with van der Waals surface area (Å²) in [5.74, 6) is 0.0974. The number of hydrogen-bond donors (Lipinski definition) is 1. The van der Waals surface area contributed by atoms with Gasteiger partial charge in [-0.2, -0.15) is 0 Å². The summed E-state index contributed by atoms with van der Waals surface area (Å²) in [6.07, 6.45) is 3.07. The fraction of sp³-hybridized carbons (Fsp3) is 0.0833. The molecule has 4 rings (SSSR count). The van der Waals surface area contributed by atoms with E-state index in [1.54, 1.807) is 18.2 Å². The number of hydrogen-bond acceptors (Lipinski definition) is 3. The number of nitrogens with zero attached hydrogens (tertiary/aromatic N) is 1. The first kappa shape index (κ1) is 21.2. The molecule has 0 spiro atoms. The van der Waals surface area contributed by atoms with E-state index >= 15 is 0 Å². The van der Waals surface area contributed by atoms with Gasteiger partial charge in [-0.25, -0.2) is 4.79 Å². The zero-order valence-corrected chi connectivity index (χ0v) is 18.7. The molecule has 0 saturated carbocycles. The third-order valence-corrected chi connectivity index (χ3v) is 5.73. The second kappa shape index (κ2) is 8.96. The molecule has 0 radical (unpaired) electrons. The van der Waals surface area contributed by atoms with E-state index in [9.17, 15) is 9.59 Å². The first-order valence-corrected chi connectivity index (χ1v) is 10.7. The van der Waals surface area contributed by atoms with Crippen molar-refractivity contribution in [1.82, 2.24) is 10.2 Å². The third-order valence-electron chi connectivity index (χ3n) is 4.86. The van der Waals surface area contributed by atoms with Crippen molar-refractivity contribution in [3.8, 4) is 5.75 Å². The number of carbonyl (C=O) groups excluding carboxylic acids is 2. The van der Waals surface area contributed by atoms with Crippen LogP contribution in [0.25, 0.3) is 16.8 Å². The number of benzene rings is 3. The number of imide groups is 1. The molecular formula is C24H18BrClN2O3. The maximum absolute atomic E-state index is 12.4. The zero-order chi connectivity index (χ0) is 22.0. The summed E-state index contributed by atoms with van der Waals surface area (Å²) < 4.78 is 6.66.